The minimum Gasteiger partial charge on any atom is -0.326 e. The van der Waals surface area contributed by atoms with E-state index in [-0.39, 0.29) is 6.04 Å². The summed E-state index contributed by atoms with van der Waals surface area (Å²) in [4.78, 5) is 4.67. The molecule has 0 aliphatic carbocycles. The number of benzene rings is 1. The van der Waals surface area contributed by atoms with Crippen LogP contribution in [0.4, 0.5) is 0 Å². The molecule has 1 fully saturated rings. The van der Waals surface area contributed by atoms with E-state index in [1.54, 1.807) is 11.3 Å². The van der Waals surface area contributed by atoms with Crippen LogP contribution in [0.3, 0.4) is 0 Å². The van der Waals surface area contributed by atoms with Crippen LogP contribution in [0.25, 0.3) is 10.2 Å². The highest BCUT2D eigenvalue weighted by Crippen LogP contribution is 2.28. The molecule has 2 aromatic rings. The fourth-order valence-electron chi connectivity index (χ4n) is 2.09. The van der Waals surface area contributed by atoms with Crippen LogP contribution in [-0.2, 0) is 6.42 Å². The molecule has 18 heavy (non-hydrogen) atoms. The molecule has 0 bridgehead atoms. The Balaban J connectivity index is 1.71. The van der Waals surface area contributed by atoms with E-state index in [9.17, 15) is 0 Å². The second kappa shape index (κ2) is 5.82. The van der Waals surface area contributed by atoms with Gasteiger partial charge in [0.05, 0.1) is 15.2 Å². The highest BCUT2D eigenvalue weighted by molar-refractivity contribution is 8.06. The lowest BCUT2D eigenvalue weighted by Crippen LogP contribution is -2.38. The van der Waals surface area contributed by atoms with Gasteiger partial charge in [-0.2, -0.15) is 23.5 Å². The molecule has 3 rings (SSSR count). The number of hydrogen-bond acceptors (Lipinski definition) is 5. The minimum absolute atomic E-state index is 0.239. The van der Waals surface area contributed by atoms with Crippen molar-refractivity contribution in [1.29, 1.82) is 0 Å². The van der Waals surface area contributed by atoms with E-state index in [1.165, 1.54) is 27.0 Å². The third kappa shape index (κ3) is 2.85. The predicted molar refractivity (Wildman–Crippen MR) is 84.9 cm³/mol. The number of thioether (sulfide) groups is 2. The van der Waals surface area contributed by atoms with Crippen LogP contribution in [0.1, 0.15) is 5.01 Å². The molecule has 96 valence electrons. The van der Waals surface area contributed by atoms with Gasteiger partial charge >= 0.3 is 0 Å². The van der Waals surface area contributed by atoms with Crippen molar-refractivity contribution in [2.75, 3.05) is 17.3 Å². The van der Waals surface area contributed by atoms with Crippen LogP contribution in [0.15, 0.2) is 24.3 Å². The topological polar surface area (TPSA) is 38.9 Å². The maximum absolute atomic E-state index is 6.33. The van der Waals surface area contributed by atoms with Gasteiger partial charge in [0.1, 0.15) is 0 Å². The van der Waals surface area contributed by atoms with Gasteiger partial charge < -0.3 is 5.73 Å². The number of nitrogens with two attached hydrogens (primary N) is 1. The van der Waals surface area contributed by atoms with Gasteiger partial charge in [0.2, 0.25) is 0 Å². The fraction of sp³-hybridized carbons (Fsp3) is 0.462. The number of aromatic nitrogens is 1. The van der Waals surface area contributed by atoms with Crippen molar-refractivity contribution >= 4 is 45.1 Å². The maximum atomic E-state index is 6.33. The SMILES string of the molecule is NC(Cc1nc2ccccc2s1)C1CSCCS1. The molecular formula is C13H16N2S3. The van der Waals surface area contributed by atoms with Gasteiger partial charge in [-0.05, 0) is 12.1 Å². The highest BCUT2D eigenvalue weighted by atomic mass is 32.2. The first-order chi connectivity index (χ1) is 8.83. The average molecular weight is 296 g/mol. The Kier molecular flexibility index (Phi) is 4.13. The normalized spacial score (nSPS) is 22.2. The van der Waals surface area contributed by atoms with E-state index in [2.05, 4.69) is 23.2 Å². The van der Waals surface area contributed by atoms with Gasteiger partial charge in [0, 0.05) is 35.0 Å². The fourth-order valence-corrected chi connectivity index (χ4v) is 5.95. The first-order valence-corrected chi connectivity index (χ1v) is 9.14. The monoisotopic (exact) mass is 296 g/mol. The molecule has 1 aromatic heterocycles. The third-order valence-corrected chi connectivity index (χ3v) is 7.07. The smallest absolute Gasteiger partial charge is 0.0954 e. The molecule has 5 heteroatoms. The Hall–Kier alpha value is -0.230. The van der Waals surface area contributed by atoms with Crippen LogP contribution in [0, 0.1) is 0 Å². The highest BCUT2D eigenvalue weighted by Gasteiger charge is 2.22. The van der Waals surface area contributed by atoms with E-state index in [4.69, 9.17) is 5.73 Å². The lowest BCUT2D eigenvalue weighted by atomic mass is 10.2. The third-order valence-electron chi connectivity index (χ3n) is 3.07. The van der Waals surface area contributed by atoms with Crippen molar-refractivity contribution in [3.63, 3.8) is 0 Å². The second-order valence-electron chi connectivity index (χ2n) is 4.43. The largest absolute Gasteiger partial charge is 0.326 e. The summed E-state index contributed by atoms with van der Waals surface area (Å²) in [5.74, 6) is 3.70. The Morgan fingerprint density at radius 2 is 2.22 bits per heavy atom. The summed E-state index contributed by atoms with van der Waals surface area (Å²) in [6, 6.07) is 8.56. The summed E-state index contributed by atoms with van der Waals surface area (Å²) in [7, 11) is 0. The van der Waals surface area contributed by atoms with Gasteiger partial charge in [-0.3, -0.25) is 0 Å². The summed E-state index contributed by atoms with van der Waals surface area (Å²) in [6.07, 6.45) is 0.914. The molecule has 2 atom stereocenters. The molecule has 1 saturated heterocycles. The van der Waals surface area contributed by atoms with Gasteiger partial charge in [-0.25, -0.2) is 4.98 Å². The molecule has 1 aliphatic heterocycles. The zero-order valence-electron chi connectivity index (χ0n) is 10.0. The van der Waals surface area contributed by atoms with Crippen molar-refractivity contribution in [3.05, 3.63) is 29.3 Å². The Morgan fingerprint density at radius 3 is 3.00 bits per heavy atom. The number of hydrogen-bond donors (Lipinski definition) is 1. The van der Waals surface area contributed by atoms with Crippen molar-refractivity contribution in [3.8, 4) is 0 Å². The molecule has 0 amide bonds. The number of nitrogens with zero attached hydrogens (tertiary/aromatic N) is 1. The van der Waals surface area contributed by atoms with E-state index in [0.29, 0.717) is 5.25 Å². The van der Waals surface area contributed by atoms with E-state index in [1.807, 2.05) is 29.6 Å². The first kappa shape index (κ1) is 12.8. The zero-order valence-corrected chi connectivity index (χ0v) is 12.5. The Labute approximate surface area is 120 Å². The summed E-state index contributed by atoms with van der Waals surface area (Å²) >= 11 is 5.84. The van der Waals surface area contributed by atoms with Crippen molar-refractivity contribution in [1.82, 2.24) is 4.98 Å². The Bertz CT molecular complexity index is 487. The standard InChI is InChI=1S/C13H16N2S3/c14-9(12-8-16-5-6-17-12)7-13-15-10-3-1-2-4-11(10)18-13/h1-4,9,12H,5-8,14H2. The quantitative estimate of drug-likeness (QED) is 0.945. The molecule has 2 unspecified atom stereocenters. The summed E-state index contributed by atoms with van der Waals surface area (Å²) in [6.45, 7) is 0. The van der Waals surface area contributed by atoms with Crippen molar-refractivity contribution in [2.45, 2.75) is 17.7 Å². The number of fused-ring (bicyclic) bond motifs is 1. The van der Waals surface area contributed by atoms with Crippen LogP contribution >= 0.6 is 34.9 Å². The lowest BCUT2D eigenvalue weighted by molar-refractivity contribution is 0.662. The van der Waals surface area contributed by atoms with Gasteiger partial charge in [0.15, 0.2) is 0 Å². The number of thiazole rings is 1. The van der Waals surface area contributed by atoms with Crippen molar-refractivity contribution < 1.29 is 0 Å². The van der Waals surface area contributed by atoms with E-state index < -0.39 is 0 Å². The summed E-state index contributed by atoms with van der Waals surface area (Å²) in [5.41, 5.74) is 7.44. The van der Waals surface area contributed by atoms with Crippen LogP contribution in [0.5, 0.6) is 0 Å². The van der Waals surface area contributed by atoms with Crippen molar-refractivity contribution in [2.24, 2.45) is 5.73 Å². The molecule has 1 aromatic carbocycles. The van der Waals surface area contributed by atoms with Gasteiger partial charge in [-0.1, -0.05) is 12.1 Å². The second-order valence-corrected chi connectivity index (χ2v) is 8.04. The molecule has 1 aliphatic rings. The van der Waals surface area contributed by atoms with Crippen LogP contribution < -0.4 is 5.73 Å². The summed E-state index contributed by atoms with van der Waals surface area (Å²) < 4.78 is 1.27. The Morgan fingerprint density at radius 1 is 1.33 bits per heavy atom. The number of para-hydroxylation sites is 1. The predicted octanol–water partition coefficient (Wildman–Crippen LogP) is 3.01. The molecule has 0 spiro atoms. The molecule has 2 heterocycles. The zero-order chi connectivity index (χ0) is 12.4. The van der Waals surface area contributed by atoms with Crippen LogP contribution in [-0.4, -0.2) is 33.5 Å². The van der Waals surface area contributed by atoms with Gasteiger partial charge in [0.25, 0.3) is 0 Å². The number of rotatable bonds is 3. The van der Waals surface area contributed by atoms with Crippen LogP contribution in [0.2, 0.25) is 0 Å². The molecule has 2 N–H and O–H groups in total. The first-order valence-electron chi connectivity index (χ1n) is 6.12. The molecular weight excluding hydrogens is 280 g/mol. The molecule has 0 saturated carbocycles. The van der Waals surface area contributed by atoms with E-state index in [0.717, 1.165) is 11.9 Å². The maximum Gasteiger partial charge on any atom is 0.0954 e. The molecule has 0 radical (unpaired) electrons. The average Bonchev–Trinajstić information content (AvgIpc) is 2.82. The van der Waals surface area contributed by atoms with Gasteiger partial charge in [-0.15, -0.1) is 11.3 Å². The van der Waals surface area contributed by atoms with E-state index >= 15 is 0 Å². The minimum atomic E-state index is 0.239. The lowest BCUT2D eigenvalue weighted by Gasteiger charge is -2.26. The summed E-state index contributed by atoms with van der Waals surface area (Å²) in [5, 5.41) is 1.77. The molecule has 2 nitrogen and oxygen atoms in total.